The van der Waals surface area contributed by atoms with Crippen molar-refractivity contribution in [2.45, 2.75) is 13.8 Å². The molecule has 0 spiro atoms. The fraction of sp³-hybridized carbons (Fsp3) is 0.133. The number of benzene rings is 2. The van der Waals surface area contributed by atoms with Gasteiger partial charge in [0.25, 0.3) is 0 Å². The van der Waals surface area contributed by atoms with Gasteiger partial charge in [0.05, 0.1) is 5.52 Å². The number of nitrogens with zero attached hydrogens (tertiary/aromatic N) is 1. The molecule has 84 valence electrons. The molecule has 0 unspecified atom stereocenters. The molecule has 3 aromatic rings. The summed E-state index contributed by atoms with van der Waals surface area (Å²) >= 11 is 0. The van der Waals surface area contributed by atoms with Crippen LogP contribution >= 0.6 is 0 Å². The van der Waals surface area contributed by atoms with Crippen LogP contribution in [-0.4, -0.2) is 4.98 Å². The average molecular weight is 222 g/mol. The summed E-state index contributed by atoms with van der Waals surface area (Å²) in [6.07, 6.45) is 0. The maximum Gasteiger partial charge on any atom is 0.131 e. The van der Waals surface area contributed by atoms with E-state index in [-0.39, 0.29) is 0 Å². The minimum absolute atomic E-state index is 0.608. The van der Waals surface area contributed by atoms with Crippen molar-refractivity contribution in [2.75, 3.05) is 5.73 Å². The SMILES string of the molecule is Cc1cc2nc(N)c3ccccc3c2cc1C. The van der Waals surface area contributed by atoms with Gasteiger partial charge in [-0.25, -0.2) is 4.98 Å². The highest BCUT2D eigenvalue weighted by Crippen LogP contribution is 2.29. The third kappa shape index (κ3) is 1.45. The Morgan fingerprint density at radius 3 is 2.29 bits per heavy atom. The van der Waals surface area contributed by atoms with Gasteiger partial charge in [-0.1, -0.05) is 24.3 Å². The van der Waals surface area contributed by atoms with E-state index in [0.29, 0.717) is 5.82 Å². The quantitative estimate of drug-likeness (QED) is 0.590. The summed E-state index contributed by atoms with van der Waals surface area (Å²) in [6, 6.07) is 12.5. The van der Waals surface area contributed by atoms with E-state index in [1.54, 1.807) is 0 Å². The average Bonchev–Trinajstić information content (AvgIpc) is 2.32. The molecule has 2 heteroatoms. The molecule has 0 saturated heterocycles. The highest BCUT2D eigenvalue weighted by molar-refractivity contribution is 6.09. The van der Waals surface area contributed by atoms with Crippen LogP contribution < -0.4 is 5.73 Å². The Bertz CT molecular complexity index is 730. The monoisotopic (exact) mass is 222 g/mol. The summed E-state index contributed by atoms with van der Waals surface area (Å²) in [5, 5.41) is 3.39. The van der Waals surface area contributed by atoms with Gasteiger partial charge >= 0.3 is 0 Å². The molecule has 2 aromatic carbocycles. The Labute approximate surface area is 100 Å². The Balaban J connectivity index is 2.59. The van der Waals surface area contributed by atoms with Crippen LogP contribution in [0, 0.1) is 13.8 Å². The molecule has 0 bridgehead atoms. The van der Waals surface area contributed by atoms with E-state index < -0.39 is 0 Å². The zero-order chi connectivity index (χ0) is 12.0. The molecule has 2 nitrogen and oxygen atoms in total. The predicted molar refractivity (Wildman–Crippen MR) is 73.1 cm³/mol. The van der Waals surface area contributed by atoms with E-state index >= 15 is 0 Å². The number of hydrogen-bond acceptors (Lipinski definition) is 2. The third-order valence-corrected chi connectivity index (χ3v) is 3.35. The summed E-state index contributed by atoms with van der Waals surface area (Å²) in [5.41, 5.74) is 9.51. The Morgan fingerprint density at radius 1 is 0.882 bits per heavy atom. The van der Waals surface area contributed by atoms with Gasteiger partial charge in [-0.15, -0.1) is 0 Å². The number of pyridine rings is 1. The minimum Gasteiger partial charge on any atom is -0.383 e. The summed E-state index contributed by atoms with van der Waals surface area (Å²) in [4.78, 5) is 4.48. The fourth-order valence-electron chi connectivity index (χ4n) is 2.24. The number of nitrogen functional groups attached to an aromatic ring is 1. The van der Waals surface area contributed by atoms with Crippen LogP contribution in [0.15, 0.2) is 36.4 Å². The van der Waals surface area contributed by atoms with Crippen LogP contribution in [0.25, 0.3) is 21.7 Å². The lowest BCUT2D eigenvalue weighted by molar-refractivity contribution is 1.34. The topological polar surface area (TPSA) is 38.9 Å². The standard InChI is InChI=1S/C15H14N2/c1-9-7-13-11-5-3-4-6-12(11)15(16)17-14(13)8-10(9)2/h3-8H,1-2H3,(H2,16,17). The molecule has 17 heavy (non-hydrogen) atoms. The number of rotatable bonds is 0. The lowest BCUT2D eigenvalue weighted by Gasteiger charge is -2.08. The first-order valence-corrected chi connectivity index (χ1v) is 5.72. The van der Waals surface area contributed by atoms with E-state index in [9.17, 15) is 0 Å². The zero-order valence-corrected chi connectivity index (χ0v) is 9.99. The van der Waals surface area contributed by atoms with Crippen LogP contribution in [0.2, 0.25) is 0 Å². The van der Waals surface area contributed by atoms with Gasteiger partial charge in [0.1, 0.15) is 5.82 Å². The predicted octanol–water partition coefficient (Wildman–Crippen LogP) is 3.59. The van der Waals surface area contributed by atoms with Crippen LogP contribution in [0.4, 0.5) is 5.82 Å². The molecular weight excluding hydrogens is 208 g/mol. The second-order valence-corrected chi connectivity index (χ2v) is 4.50. The third-order valence-electron chi connectivity index (χ3n) is 3.35. The molecule has 0 amide bonds. The number of hydrogen-bond donors (Lipinski definition) is 1. The molecule has 1 heterocycles. The number of nitrogens with two attached hydrogens (primary N) is 1. The highest BCUT2D eigenvalue weighted by atomic mass is 14.8. The highest BCUT2D eigenvalue weighted by Gasteiger charge is 2.06. The van der Waals surface area contributed by atoms with Gasteiger partial charge in [-0.2, -0.15) is 0 Å². The molecule has 1 aromatic heterocycles. The van der Waals surface area contributed by atoms with E-state index in [1.165, 1.54) is 21.9 Å². The van der Waals surface area contributed by atoms with Crippen LogP contribution in [0.1, 0.15) is 11.1 Å². The van der Waals surface area contributed by atoms with Crippen molar-refractivity contribution in [2.24, 2.45) is 0 Å². The Hall–Kier alpha value is -2.09. The molecule has 0 saturated carbocycles. The fourth-order valence-corrected chi connectivity index (χ4v) is 2.24. The summed E-state index contributed by atoms with van der Waals surface area (Å²) < 4.78 is 0. The van der Waals surface area contributed by atoms with Crippen molar-refractivity contribution in [3.8, 4) is 0 Å². The first-order chi connectivity index (χ1) is 8.16. The van der Waals surface area contributed by atoms with E-state index in [0.717, 1.165) is 10.9 Å². The maximum atomic E-state index is 6.00. The van der Waals surface area contributed by atoms with Crippen molar-refractivity contribution >= 4 is 27.5 Å². The van der Waals surface area contributed by atoms with E-state index in [4.69, 9.17) is 5.73 Å². The number of aromatic nitrogens is 1. The Kier molecular flexibility index (Phi) is 2.05. The number of aryl methyl sites for hydroxylation is 2. The molecule has 0 aliphatic heterocycles. The summed E-state index contributed by atoms with van der Waals surface area (Å²) in [5.74, 6) is 0.608. The van der Waals surface area contributed by atoms with Crippen molar-refractivity contribution in [1.82, 2.24) is 4.98 Å². The molecule has 0 radical (unpaired) electrons. The van der Waals surface area contributed by atoms with Gasteiger partial charge in [0, 0.05) is 10.8 Å². The molecular formula is C15H14N2. The second kappa shape index (κ2) is 3.45. The van der Waals surface area contributed by atoms with E-state index in [1.807, 2.05) is 18.2 Å². The molecule has 3 rings (SSSR count). The van der Waals surface area contributed by atoms with Crippen molar-refractivity contribution in [1.29, 1.82) is 0 Å². The smallest absolute Gasteiger partial charge is 0.131 e. The van der Waals surface area contributed by atoms with Gasteiger partial charge in [-0.05, 0) is 42.5 Å². The van der Waals surface area contributed by atoms with Crippen molar-refractivity contribution in [3.63, 3.8) is 0 Å². The van der Waals surface area contributed by atoms with Crippen molar-refractivity contribution in [3.05, 3.63) is 47.5 Å². The lowest BCUT2D eigenvalue weighted by Crippen LogP contribution is -1.94. The second-order valence-electron chi connectivity index (χ2n) is 4.50. The number of fused-ring (bicyclic) bond motifs is 3. The molecule has 0 fully saturated rings. The number of anilines is 1. The normalized spacial score (nSPS) is 11.2. The molecule has 0 aliphatic rings. The summed E-state index contributed by atoms with van der Waals surface area (Å²) in [7, 11) is 0. The van der Waals surface area contributed by atoms with Crippen LogP contribution in [0.5, 0.6) is 0 Å². The first kappa shape index (κ1) is 10.1. The van der Waals surface area contributed by atoms with Gasteiger partial charge in [0.15, 0.2) is 0 Å². The van der Waals surface area contributed by atoms with Gasteiger partial charge in [0.2, 0.25) is 0 Å². The van der Waals surface area contributed by atoms with Crippen LogP contribution in [-0.2, 0) is 0 Å². The van der Waals surface area contributed by atoms with Crippen molar-refractivity contribution < 1.29 is 0 Å². The maximum absolute atomic E-state index is 6.00. The first-order valence-electron chi connectivity index (χ1n) is 5.72. The largest absolute Gasteiger partial charge is 0.383 e. The molecule has 2 N–H and O–H groups in total. The zero-order valence-electron chi connectivity index (χ0n) is 9.99. The van der Waals surface area contributed by atoms with Gasteiger partial charge < -0.3 is 5.73 Å². The van der Waals surface area contributed by atoms with Crippen LogP contribution in [0.3, 0.4) is 0 Å². The van der Waals surface area contributed by atoms with Gasteiger partial charge in [-0.3, -0.25) is 0 Å². The molecule has 0 aliphatic carbocycles. The van der Waals surface area contributed by atoms with E-state index in [2.05, 4.69) is 37.0 Å². The summed E-state index contributed by atoms with van der Waals surface area (Å²) in [6.45, 7) is 4.22. The lowest BCUT2D eigenvalue weighted by atomic mass is 10.0. The minimum atomic E-state index is 0.608. The Morgan fingerprint density at radius 2 is 1.53 bits per heavy atom. The molecule has 0 atom stereocenters.